The van der Waals surface area contributed by atoms with Crippen LogP contribution in [0, 0.1) is 11.8 Å². The van der Waals surface area contributed by atoms with Gasteiger partial charge in [0.25, 0.3) is 0 Å². The van der Waals surface area contributed by atoms with Gasteiger partial charge in [-0.1, -0.05) is 97.0 Å². The minimum absolute atomic E-state index is 0.818. The summed E-state index contributed by atoms with van der Waals surface area (Å²) in [7, 11) is 0. The van der Waals surface area contributed by atoms with E-state index in [1.165, 1.54) is 101 Å². The molecule has 1 aliphatic carbocycles. The maximum atomic E-state index is 5.92. The molecule has 2 aromatic rings. The summed E-state index contributed by atoms with van der Waals surface area (Å²) in [5, 5.41) is 0. The van der Waals surface area contributed by atoms with Crippen LogP contribution in [0.1, 0.15) is 109 Å². The van der Waals surface area contributed by atoms with Crippen molar-refractivity contribution in [3.05, 3.63) is 48.2 Å². The molecule has 2 nitrogen and oxygen atoms in total. The molecule has 182 valence electrons. The van der Waals surface area contributed by atoms with E-state index in [1.807, 2.05) is 0 Å². The smallest absolute Gasteiger partial charge is 0.119 e. The first kappa shape index (κ1) is 25.8. The number of rotatable bonds is 15. The highest BCUT2D eigenvalue weighted by atomic mass is 16.5. The monoisotopic (exact) mass is 449 g/mol. The number of unbranched alkanes of at least 4 members (excludes halogenated alkanes) is 6. The van der Waals surface area contributed by atoms with E-state index in [4.69, 9.17) is 9.72 Å². The number of aryl methyl sites for hydroxylation is 1. The maximum absolute atomic E-state index is 5.92. The Balaban J connectivity index is 1.35. The fourth-order valence-electron chi connectivity index (χ4n) is 5.21. The first-order valence-electron chi connectivity index (χ1n) is 14.0. The molecule has 0 unspecified atom stereocenters. The highest BCUT2D eigenvalue weighted by Crippen LogP contribution is 2.34. The minimum atomic E-state index is 0.818. The Morgan fingerprint density at radius 3 is 2.06 bits per heavy atom. The van der Waals surface area contributed by atoms with Crippen LogP contribution in [0.5, 0.6) is 5.75 Å². The summed E-state index contributed by atoms with van der Waals surface area (Å²) < 4.78 is 5.92. The van der Waals surface area contributed by atoms with Gasteiger partial charge in [-0.3, -0.25) is 4.98 Å². The summed E-state index contributed by atoms with van der Waals surface area (Å²) in [6.07, 6.45) is 22.4. The third-order valence-corrected chi connectivity index (χ3v) is 7.51. The molecule has 0 spiro atoms. The van der Waals surface area contributed by atoms with Crippen LogP contribution < -0.4 is 4.74 Å². The van der Waals surface area contributed by atoms with Gasteiger partial charge in [0.1, 0.15) is 5.75 Å². The molecule has 0 radical (unpaired) electrons. The Hall–Kier alpha value is -1.83. The molecule has 0 N–H and O–H groups in total. The van der Waals surface area contributed by atoms with Gasteiger partial charge in [-0.15, -0.1) is 0 Å². The molecule has 1 saturated carbocycles. The zero-order valence-electron chi connectivity index (χ0n) is 21.4. The predicted molar refractivity (Wildman–Crippen MR) is 142 cm³/mol. The van der Waals surface area contributed by atoms with Gasteiger partial charge >= 0.3 is 0 Å². The number of ether oxygens (including phenoxy) is 1. The van der Waals surface area contributed by atoms with Gasteiger partial charge in [-0.2, -0.15) is 0 Å². The predicted octanol–water partition coefficient (Wildman–Crippen LogP) is 9.42. The molecular formula is C31H47NO. The fraction of sp³-hybridized carbons (Fsp3) is 0.645. The number of hydrogen-bond acceptors (Lipinski definition) is 2. The van der Waals surface area contributed by atoms with Crippen LogP contribution in [0.25, 0.3) is 11.3 Å². The van der Waals surface area contributed by atoms with E-state index in [2.05, 4.69) is 56.4 Å². The quantitative estimate of drug-likeness (QED) is 0.253. The molecule has 1 heterocycles. The molecule has 0 atom stereocenters. The molecule has 1 aromatic heterocycles. The van der Waals surface area contributed by atoms with Crippen molar-refractivity contribution in [1.82, 2.24) is 4.98 Å². The van der Waals surface area contributed by atoms with Crippen LogP contribution >= 0.6 is 0 Å². The molecule has 0 bridgehead atoms. The molecule has 0 saturated heterocycles. The normalized spacial score (nSPS) is 18.4. The molecule has 0 amide bonds. The molecule has 1 aromatic carbocycles. The van der Waals surface area contributed by atoms with Crippen LogP contribution in [0.4, 0.5) is 0 Å². The van der Waals surface area contributed by atoms with E-state index in [0.29, 0.717) is 0 Å². The van der Waals surface area contributed by atoms with Gasteiger partial charge in [-0.05, 0) is 67.0 Å². The van der Waals surface area contributed by atoms with Gasteiger partial charge in [0, 0.05) is 11.8 Å². The first-order valence-corrected chi connectivity index (χ1v) is 14.0. The number of pyridine rings is 1. The van der Waals surface area contributed by atoms with Gasteiger partial charge < -0.3 is 4.74 Å². The van der Waals surface area contributed by atoms with Crippen LogP contribution in [0.3, 0.4) is 0 Å². The molecule has 3 rings (SSSR count). The standard InChI is InChI=1S/C31H47NO/c1-3-5-7-8-9-10-24-33-30-21-19-29(20-22-30)31-23-18-28(25-32-31)17-16-27-14-12-26(13-15-27)11-6-4-2/h18-23,25-27H,3-17,24H2,1-2H3. The molecule has 33 heavy (non-hydrogen) atoms. The van der Waals surface area contributed by atoms with Crippen molar-refractivity contribution < 1.29 is 4.74 Å². The van der Waals surface area contributed by atoms with Crippen molar-refractivity contribution in [2.24, 2.45) is 11.8 Å². The highest BCUT2D eigenvalue weighted by molar-refractivity contribution is 5.60. The molecule has 1 aliphatic rings. The van der Waals surface area contributed by atoms with E-state index in [9.17, 15) is 0 Å². The summed E-state index contributed by atoms with van der Waals surface area (Å²) in [6, 6.07) is 12.9. The Morgan fingerprint density at radius 2 is 1.39 bits per heavy atom. The number of hydrogen-bond donors (Lipinski definition) is 0. The lowest BCUT2D eigenvalue weighted by Crippen LogP contribution is -2.15. The Kier molecular flexibility index (Phi) is 11.8. The van der Waals surface area contributed by atoms with E-state index in [-0.39, 0.29) is 0 Å². The highest BCUT2D eigenvalue weighted by Gasteiger charge is 2.20. The van der Waals surface area contributed by atoms with Crippen molar-refractivity contribution in [2.75, 3.05) is 6.61 Å². The second-order valence-electron chi connectivity index (χ2n) is 10.3. The Bertz CT molecular complexity index is 743. The topological polar surface area (TPSA) is 22.1 Å². The third kappa shape index (κ3) is 9.51. The van der Waals surface area contributed by atoms with Crippen LogP contribution in [0.2, 0.25) is 0 Å². The third-order valence-electron chi connectivity index (χ3n) is 7.51. The second kappa shape index (κ2) is 15.1. The van der Waals surface area contributed by atoms with Crippen molar-refractivity contribution in [3.63, 3.8) is 0 Å². The Morgan fingerprint density at radius 1 is 0.727 bits per heavy atom. The van der Waals surface area contributed by atoms with E-state index in [1.54, 1.807) is 0 Å². The number of aromatic nitrogens is 1. The summed E-state index contributed by atoms with van der Waals surface area (Å²) in [6.45, 7) is 5.39. The molecule has 2 heteroatoms. The number of benzene rings is 1. The van der Waals surface area contributed by atoms with E-state index >= 15 is 0 Å². The lowest BCUT2D eigenvalue weighted by molar-refractivity contribution is 0.250. The lowest BCUT2D eigenvalue weighted by atomic mass is 9.78. The first-order chi connectivity index (χ1) is 16.3. The van der Waals surface area contributed by atoms with Crippen LogP contribution in [-0.2, 0) is 6.42 Å². The average molecular weight is 450 g/mol. The van der Waals surface area contributed by atoms with Crippen molar-refractivity contribution in [3.8, 4) is 17.0 Å². The minimum Gasteiger partial charge on any atom is -0.494 e. The SMILES string of the molecule is CCCCCCCCOc1ccc(-c2ccc(CCC3CCC(CCCC)CC3)cn2)cc1. The van der Waals surface area contributed by atoms with Gasteiger partial charge in [0.15, 0.2) is 0 Å². The van der Waals surface area contributed by atoms with Gasteiger partial charge in [0.05, 0.1) is 12.3 Å². The second-order valence-corrected chi connectivity index (χ2v) is 10.3. The summed E-state index contributed by atoms with van der Waals surface area (Å²) >= 11 is 0. The van der Waals surface area contributed by atoms with E-state index in [0.717, 1.165) is 36.3 Å². The molecule has 1 fully saturated rings. The van der Waals surface area contributed by atoms with Crippen molar-refractivity contribution >= 4 is 0 Å². The largest absolute Gasteiger partial charge is 0.494 e. The molecule has 0 aliphatic heterocycles. The lowest BCUT2D eigenvalue weighted by Gasteiger charge is -2.28. The van der Waals surface area contributed by atoms with Gasteiger partial charge in [0.2, 0.25) is 0 Å². The molecular weight excluding hydrogens is 402 g/mol. The van der Waals surface area contributed by atoms with Crippen LogP contribution in [-0.4, -0.2) is 11.6 Å². The fourth-order valence-corrected chi connectivity index (χ4v) is 5.21. The van der Waals surface area contributed by atoms with Crippen molar-refractivity contribution in [2.45, 2.75) is 110 Å². The zero-order chi connectivity index (χ0) is 23.1. The summed E-state index contributed by atoms with van der Waals surface area (Å²) in [5.74, 6) is 2.90. The number of nitrogens with zero attached hydrogens (tertiary/aromatic N) is 1. The van der Waals surface area contributed by atoms with E-state index < -0.39 is 0 Å². The van der Waals surface area contributed by atoms with Crippen molar-refractivity contribution in [1.29, 1.82) is 0 Å². The van der Waals surface area contributed by atoms with Crippen LogP contribution in [0.15, 0.2) is 42.6 Å². The average Bonchev–Trinajstić information content (AvgIpc) is 2.87. The zero-order valence-corrected chi connectivity index (χ0v) is 21.4. The van der Waals surface area contributed by atoms with Gasteiger partial charge in [-0.25, -0.2) is 0 Å². The maximum Gasteiger partial charge on any atom is 0.119 e. The summed E-state index contributed by atoms with van der Waals surface area (Å²) in [4.78, 5) is 4.76. The Labute approximate surface area is 203 Å². The summed E-state index contributed by atoms with van der Waals surface area (Å²) in [5.41, 5.74) is 3.60.